The Morgan fingerprint density at radius 1 is 1.41 bits per heavy atom. The number of benzene rings is 1. The first-order chi connectivity index (χ1) is 8.10. The highest BCUT2D eigenvalue weighted by Gasteiger charge is 2.24. The van der Waals surface area contributed by atoms with Crippen LogP contribution in [-0.2, 0) is 10.6 Å². The summed E-state index contributed by atoms with van der Waals surface area (Å²) in [5.41, 5.74) is 1.70. The Kier molecular flexibility index (Phi) is 3.89. The van der Waals surface area contributed by atoms with Crippen molar-refractivity contribution in [2.75, 3.05) is 18.1 Å². The minimum absolute atomic E-state index is 0.175. The maximum atomic E-state index is 13.5. The molecule has 1 aliphatic rings. The summed E-state index contributed by atoms with van der Waals surface area (Å²) in [6.45, 7) is 5.57. The molecule has 2 nitrogen and oxygen atoms in total. The topological polar surface area (TPSA) is 12.5 Å². The van der Waals surface area contributed by atoms with Crippen molar-refractivity contribution in [3.05, 3.63) is 29.6 Å². The van der Waals surface area contributed by atoms with E-state index >= 15 is 0 Å². The van der Waals surface area contributed by atoms with E-state index in [0.29, 0.717) is 12.5 Å². The molecule has 2 rings (SSSR count). The van der Waals surface area contributed by atoms with Gasteiger partial charge in [-0.2, -0.15) is 0 Å². The van der Waals surface area contributed by atoms with Crippen LogP contribution in [0.1, 0.15) is 19.4 Å². The van der Waals surface area contributed by atoms with Gasteiger partial charge in [0.1, 0.15) is 5.82 Å². The third-order valence-electron chi connectivity index (χ3n) is 3.04. The van der Waals surface area contributed by atoms with Gasteiger partial charge in [-0.1, -0.05) is 0 Å². The lowest BCUT2D eigenvalue weighted by Gasteiger charge is -2.38. The van der Waals surface area contributed by atoms with Gasteiger partial charge in [-0.25, -0.2) is 4.39 Å². The molecule has 4 heteroatoms. The molecule has 0 amide bonds. The number of ether oxygens (including phenoxy) is 1. The molecule has 0 spiro atoms. The van der Waals surface area contributed by atoms with Crippen LogP contribution in [0.25, 0.3) is 0 Å². The average Bonchev–Trinajstić information content (AvgIpc) is 2.31. The molecule has 1 aromatic rings. The second-order valence-corrected chi connectivity index (χ2v) is 4.86. The highest BCUT2D eigenvalue weighted by molar-refractivity contribution is 6.17. The van der Waals surface area contributed by atoms with Gasteiger partial charge < -0.3 is 9.64 Å². The van der Waals surface area contributed by atoms with E-state index in [0.717, 1.165) is 17.8 Å². The fraction of sp³-hybridized carbons (Fsp3) is 0.538. The Bertz CT molecular complexity index is 399. The Balaban J connectivity index is 2.28. The van der Waals surface area contributed by atoms with E-state index in [1.165, 1.54) is 6.07 Å². The van der Waals surface area contributed by atoms with Crippen LogP contribution in [0.15, 0.2) is 18.2 Å². The Morgan fingerprint density at radius 2 is 2.18 bits per heavy atom. The molecule has 0 saturated carbocycles. The van der Waals surface area contributed by atoms with E-state index in [4.69, 9.17) is 16.3 Å². The molecule has 1 fully saturated rings. The van der Waals surface area contributed by atoms with E-state index in [1.54, 1.807) is 6.07 Å². The van der Waals surface area contributed by atoms with Gasteiger partial charge >= 0.3 is 0 Å². The molecular formula is C13H17ClFNO. The molecule has 0 bridgehead atoms. The van der Waals surface area contributed by atoms with Crippen LogP contribution < -0.4 is 4.90 Å². The van der Waals surface area contributed by atoms with Crippen molar-refractivity contribution in [1.82, 2.24) is 0 Å². The summed E-state index contributed by atoms with van der Waals surface area (Å²) in [5.74, 6) is 0.100. The number of anilines is 1. The Hall–Kier alpha value is -0.800. The minimum Gasteiger partial charge on any atom is -0.375 e. The van der Waals surface area contributed by atoms with Crippen LogP contribution in [0, 0.1) is 5.82 Å². The molecule has 0 aromatic heterocycles. The quantitative estimate of drug-likeness (QED) is 0.755. The normalized spacial score (nSPS) is 25.1. The van der Waals surface area contributed by atoms with Crippen LogP contribution in [0.3, 0.4) is 0 Å². The summed E-state index contributed by atoms with van der Waals surface area (Å²) < 4.78 is 19.0. The highest BCUT2D eigenvalue weighted by Crippen LogP contribution is 2.24. The molecule has 0 radical (unpaired) electrons. The number of rotatable bonds is 2. The van der Waals surface area contributed by atoms with E-state index in [1.807, 2.05) is 13.0 Å². The van der Waals surface area contributed by atoms with Gasteiger partial charge in [-0.05, 0) is 37.6 Å². The number of alkyl halides is 1. The van der Waals surface area contributed by atoms with Crippen molar-refractivity contribution in [2.24, 2.45) is 0 Å². The number of morpholine rings is 1. The molecule has 0 aliphatic carbocycles. The minimum atomic E-state index is -0.232. The largest absolute Gasteiger partial charge is 0.375 e. The fourth-order valence-electron chi connectivity index (χ4n) is 2.14. The second kappa shape index (κ2) is 5.23. The molecular weight excluding hydrogens is 241 g/mol. The first-order valence-electron chi connectivity index (χ1n) is 5.84. The molecule has 2 unspecified atom stereocenters. The maximum absolute atomic E-state index is 13.5. The third kappa shape index (κ3) is 2.90. The molecule has 2 atom stereocenters. The summed E-state index contributed by atoms with van der Waals surface area (Å²) in [6, 6.07) is 5.25. The van der Waals surface area contributed by atoms with E-state index in [9.17, 15) is 4.39 Å². The SMILES string of the molecule is CC1CN(c2cc(F)cc(CCl)c2)C(C)CO1. The summed E-state index contributed by atoms with van der Waals surface area (Å²) >= 11 is 5.76. The first kappa shape index (κ1) is 12.7. The van der Waals surface area contributed by atoms with E-state index in [-0.39, 0.29) is 18.0 Å². The van der Waals surface area contributed by atoms with Crippen LogP contribution in [0.4, 0.5) is 10.1 Å². The smallest absolute Gasteiger partial charge is 0.125 e. The van der Waals surface area contributed by atoms with Gasteiger partial charge in [-0.15, -0.1) is 11.6 Å². The van der Waals surface area contributed by atoms with Gasteiger partial charge in [0.25, 0.3) is 0 Å². The van der Waals surface area contributed by atoms with Crippen LogP contribution in [0.5, 0.6) is 0 Å². The first-order valence-corrected chi connectivity index (χ1v) is 6.37. The molecule has 1 aliphatic heterocycles. The highest BCUT2D eigenvalue weighted by atomic mass is 35.5. The van der Waals surface area contributed by atoms with Crippen molar-refractivity contribution >= 4 is 17.3 Å². The van der Waals surface area contributed by atoms with Gasteiger partial charge in [-0.3, -0.25) is 0 Å². The standard InChI is InChI=1S/C13H17ClFNO/c1-9-8-17-10(2)7-16(9)13-4-11(6-14)3-12(15)5-13/h3-5,9-10H,6-8H2,1-2H3. The van der Waals surface area contributed by atoms with Gasteiger partial charge in [0, 0.05) is 24.2 Å². The number of nitrogens with zero attached hydrogens (tertiary/aromatic N) is 1. The maximum Gasteiger partial charge on any atom is 0.125 e. The van der Waals surface area contributed by atoms with Crippen LogP contribution >= 0.6 is 11.6 Å². The van der Waals surface area contributed by atoms with Crippen molar-refractivity contribution in [2.45, 2.75) is 31.9 Å². The van der Waals surface area contributed by atoms with Crippen molar-refractivity contribution in [1.29, 1.82) is 0 Å². The zero-order chi connectivity index (χ0) is 12.4. The summed E-state index contributed by atoms with van der Waals surface area (Å²) in [7, 11) is 0. The zero-order valence-electron chi connectivity index (χ0n) is 10.1. The average molecular weight is 258 g/mol. The van der Waals surface area contributed by atoms with Crippen LogP contribution in [-0.4, -0.2) is 25.3 Å². The Morgan fingerprint density at radius 3 is 2.88 bits per heavy atom. The number of halogens is 2. The van der Waals surface area contributed by atoms with E-state index in [2.05, 4.69) is 11.8 Å². The van der Waals surface area contributed by atoms with E-state index < -0.39 is 0 Å². The Labute approximate surface area is 106 Å². The van der Waals surface area contributed by atoms with Gasteiger partial charge in [0.05, 0.1) is 12.7 Å². The summed E-state index contributed by atoms with van der Waals surface area (Å²) in [5, 5.41) is 0. The number of hydrogen-bond donors (Lipinski definition) is 0. The summed E-state index contributed by atoms with van der Waals surface area (Å²) in [6.07, 6.45) is 0.175. The summed E-state index contributed by atoms with van der Waals surface area (Å²) in [4.78, 5) is 2.17. The lowest BCUT2D eigenvalue weighted by molar-refractivity contribution is 0.0343. The molecule has 1 saturated heterocycles. The molecule has 94 valence electrons. The van der Waals surface area contributed by atoms with Crippen molar-refractivity contribution < 1.29 is 9.13 Å². The predicted molar refractivity (Wildman–Crippen MR) is 68.2 cm³/mol. The van der Waals surface area contributed by atoms with Crippen LogP contribution in [0.2, 0.25) is 0 Å². The zero-order valence-corrected chi connectivity index (χ0v) is 10.9. The van der Waals surface area contributed by atoms with Gasteiger partial charge in [0.15, 0.2) is 0 Å². The third-order valence-corrected chi connectivity index (χ3v) is 3.34. The van der Waals surface area contributed by atoms with Crippen molar-refractivity contribution in [3.8, 4) is 0 Å². The van der Waals surface area contributed by atoms with Gasteiger partial charge in [0.2, 0.25) is 0 Å². The second-order valence-electron chi connectivity index (χ2n) is 4.60. The molecule has 1 aromatic carbocycles. The number of hydrogen-bond acceptors (Lipinski definition) is 2. The molecule has 17 heavy (non-hydrogen) atoms. The molecule has 0 N–H and O–H groups in total. The monoisotopic (exact) mass is 257 g/mol. The molecule has 1 heterocycles. The predicted octanol–water partition coefficient (Wildman–Crippen LogP) is 3.18. The van der Waals surface area contributed by atoms with Crippen molar-refractivity contribution in [3.63, 3.8) is 0 Å². The lowest BCUT2D eigenvalue weighted by Crippen LogP contribution is -2.47. The lowest BCUT2D eigenvalue weighted by atomic mass is 10.1. The fourth-order valence-corrected chi connectivity index (χ4v) is 2.29.